The smallest absolute Gasteiger partial charge is 0.270 e. The van der Waals surface area contributed by atoms with E-state index in [0.29, 0.717) is 6.07 Å². The summed E-state index contributed by atoms with van der Waals surface area (Å²) in [7, 11) is 0. The van der Waals surface area contributed by atoms with Gasteiger partial charge in [-0.05, 0) is 39.5 Å². The second-order valence-electron chi connectivity index (χ2n) is 3.88. The monoisotopic (exact) mass is 374 g/mol. The fourth-order valence-corrected chi connectivity index (χ4v) is 2.57. The molecule has 1 aromatic heterocycles. The molecule has 0 atom stereocenters. The third-order valence-corrected chi connectivity index (χ3v) is 3.84. The van der Waals surface area contributed by atoms with Gasteiger partial charge in [-0.3, -0.25) is 4.79 Å². The molecule has 0 aliphatic heterocycles. The fraction of sp³-hybridized carbons (Fsp3) is 0.0769. The number of benzene rings is 1. The molecule has 2 rings (SSSR count). The van der Waals surface area contributed by atoms with E-state index in [2.05, 4.69) is 26.4 Å². The average molecular weight is 375 g/mol. The van der Waals surface area contributed by atoms with Gasteiger partial charge in [0.15, 0.2) is 0 Å². The largest absolute Gasteiger partial charge is 0.391 e. The summed E-state index contributed by atoms with van der Waals surface area (Å²) < 4.78 is 27.0. The molecule has 1 heterocycles. The number of nitrogens with zero attached hydrogens (tertiary/aromatic N) is 1. The Balaban J connectivity index is 1.82. The number of rotatable bonds is 5. The highest BCUT2D eigenvalue weighted by Gasteiger charge is 2.06. The molecule has 0 aliphatic rings. The van der Waals surface area contributed by atoms with Crippen molar-refractivity contribution in [2.75, 3.05) is 5.32 Å². The Bertz CT molecular complexity index is 676. The minimum absolute atomic E-state index is 0.130. The summed E-state index contributed by atoms with van der Waals surface area (Å²) in [6, 6.07) is 4.72. The molecule has 2 aromatic rings. The molecule has 0 saturated heterocycles. The summed E-state index contributed by atoms with van der Waals surface area (Å²) >= 11 is 4.82. The lowest BCUT2D eigenvalue weighted by Gasteiger charge is -2.03. The van der Waals surface area contributed by atoms with Gasteiger partial charge in [-0.1, -0.05) is 5.16 Å². The quantitative estimate of drug-likeness (QED) is 0.636. The molecule has 4 nitrogen and oxygen atoms in total. The summed E-state index contributed by atoms with van der Waals surface area (Å²) in [5.74, 6) is -2.25. The number of nitrogens with one attached hydrogen (secondary N) is 1. The van der Waals surface area contributed by atoms with Crippen molar-refractivity contribution in [3.8, 4) is 0 Å². The predicted molar refractivity (Wildman–Crippen MR) is 80.3 cm³/mol. The molecule has 8 heteroatoms. The van der Waals surface area contributed by atoms with Crippen molar-refractivity contribution in [3.05, 3.63) is 50.6 Å². The van der Waals surface area contributed by atoms with Gasteiger partial charge in [0, 0.05) is 11.6 Å². The number of thiophene rings is 1. The molecule has 0 unspecified atom stereocenters. The van der Waals surface area contributed by atoms with Crippen molar-refractivity contribution >= 4 is 45.1 Å². The first-order valence-corrected chi connectivity index (χ1v) is 7.36. The van der Waals surface area contributed by atoms with E-state index in [-0.39, 0.29) is 12.3 Å². The van der Waals surface area contributed by atoms with Gasteiger partial charge in [-0.25, -0.2) is 8.78 Å². The van der Waals surface area contributed by atoms with E-state index < -0.39 is 17.5 Å². The average Bonchev–Trinajstić information content (AvgIpc) is 2.84. The van der Waals surface area contributed by atoms with Crippen LogP contribution in [-0.4, -0.2) is 12.1 Å². The summed E-state index contributed by atoms with van der Waals surface area (Å²) in [6.07, 6.45) is 0.879. The number of carbonyl (C=O) groups is 1. The standard InChI is InChI=1S/C13H9BrF2N2O2S/c14-12-3-8(7-21-12)6-20-17-5-13(19)18-11-2-1-9(15)4-10(11)16/h1-5,7H,6H2,(H,18,19). The maximum absolute atomic E-state index is 13.3. The molecule has 0 aliphatic carbocycles. The normalized spacial score (nSPS) is 10.8. The molecule has 0 saturated carbocycles. The van der Waals surface area contributed by atoms with Crippen molar-refractivity contribution in [1.82, 2.24) is 0 Å². The molecule has 1 amide bonds. The van der Waals surface area contributed by atoms with E-state index in [1.165, 1.54) is 11.3 Å². The third kappa shape index (κ3) is 4.91. The number of halogens is 3. The topological polar surface area (TPSA) is 50.7 Å². The maximum Gasteiger partial charge on any atom is 0.270 e. The number of hydrogen-bond donors (Lipinski definition) is 1. The highest BCUT2D eigenvalue weighted by atomic mass is 79.9. The van der Waals surface area contributed by atoms with Crippen LogP contribution < -0.4 is 5.32 Å². The zero-order chi connectivity index (χ0) is 15.2. The predicted octanol–water partition coefficient (Wildman–Crippen LogP) is 3.93. The van der Waals surface area contributed by atoms with E-state index >= 15 is 0 Å². The van der Waals surface area contributed by atoms with Crippen LogP contribution >= 0.6 is 27.3 Å². The van der Waals surface area contributed by atoms with Crippen molar-refractivity contribution in [3.63, 3.8) is 0 Å². The Kier molecular flexibility index (Phi) is 5.40. The number of carbonyl (C=O) groups excluding carboxylic acids is 1. The Morgan fingerprint density at radius 3 is 2.90 bits per heavy atom. The lowest BCUT2D eigenvalue weighted by atomic mass is 10.3. The molecule has 0 radical (unpaired) electrons. The lowest BCUT2D eigenvalue weighted by Crippen LogP contribution is -2.14. The summed E-state index contributed by atoms with van der Waals surface area (Å²) in [5, 5.41) is 7.58. The van der Waals surface area contributed by atoms with E-state index in [1.807, 2.05) is 11.4 Å². The van der Waals surface area contributed by atoms with Crippen LogP contribution in [0.15, 0.2) is 38.6 Å². The number of anilines is 1. The second-order valence-corrected chi connectivity index (χ2v) is 6.17. The van der Waals surface area contributed by atoms with Gasteiger partial charge >= 0.3 is 0 Å². The van der Waals surface area contributed by atoms with Crippen LogP contribution in [-0.2, 0) is 16.2 Å². The summed E-state index contributed by atoms with van der Waals surface area (Å²) in [4.78, 5) is 16.4. The van der Waals surface area contributed by atoms with E-state index in [0.717, 1.165) is 27.7 Å². The molecule has 21 heavy (non-hydrogen) atoms. The molecule has 1 aromatic carbocycles. The van der Waals surface area contributed by atoms with Crippen molar-refractivity contribution in [2.24, 2.45) is 5.16 Å². The van der Waals surface area contributed by atoms with Crippen LogP contribution in [0.5, 0.6) is 0 Å². The van der Waals surface area contributed by atoms with Gasteiger partial charge in [0.1, 0.15) is 24.5 Å². The zero-order valence-electron chi connectivity index (χ0n) is 10.5. The first kappa shape index (κ1) is 15.6. The van der Waals surface area contributed by atoms with Gasteiger partial charge in [0.25, 0.3) is 5.91 Å². The Labute approximate surface area is 131 Å². The fourth-order valence-electron chi connectivity index (χ4n) is 1.37. The van der Waals surface area contributed by atoms with Crippen LogP contribution in [0, 0.1) is 11.6 Å². The van der Waals surface area contributed by atoms with Gasteiger partial charge in [0.2, 0.25) is 0 Å². The van der Waals surface area contributed by atoms with Gasteiger partial charge in [-0.15, -0.1) is 11.3 Å². The van der Waals surface area contributed by atoms with Gasteiger partial charge in [-0.2, -0.15) is 0 Å². The molecule has 0 bridgehead atoms. The molecular weight excluding hydrogens is 366 g/mol. The van der Waals surface area contributed by atoms with E-state index in [1.54, 1.807) is 0 Å². The lowest BCUT2D eigenvalue weighted by molar-refractivity contribution is -0.110. The Morgan fingerprint density at radius 1 is 1.43 bits per heavy atom. The molecule has 0 spiro atoms. The second kappa shape index (κ2) is 7.28. The van der Waals surface area contributed by atoms with Crippen molar-refractivity contribution in [2.45, 2.75) is 6.61 Å². The highest BCUT2D eigenvalue weighted by molar-refractivity contribution is 9.11. The number of oxime groups is 1. The van der Waals surface area contributed by atoms with Crippen LogP contribution in [0.2, 0.25) is 0 Å². The summed E-state index contributed by atoms with van der Waals surface area (Å²) in [5.41, 5.74) is 0.781. The van der Waals surface area contributed by atoms with Crippen LogP contribution in [0.4, 0.5) is 14.5 Å². The van der Waals surface area contributed by atoms with Crippen LogP contribution in [0.25, 0.3) is 0 Å². The third-order valence-electron chi connectivity index (χ3n) is 2.29. The van der Waals surface area contributed by atoms with E-state index in [4.69, 9.17) is 4.84 Å². The molecular formula is C13H9BrF2N2O2S. The first-order valence-electron chi connectivity index (χ1n) is 5.69. The van der Waals surface area contributed by atoms with Gasteiger partial charge < -0.3 is 10.2 Å². The zero-order valence-corrected chi connectivity index (χ0v) is 12.9. The SMILES string of the molecule is O=C(C=NOCc1csc(Br)c1)Nc1ccc(F)cc1F. The van der Waals surface area contributed by atoms with E-state index in [9.17, 15) is 13.6 Å². The Hall–Kier alpha value is -1.80. The first-order chi connectivity index (χ1) is 10.0. The molecule has 1 N–H and O–H groups in total. The Morgan fingerprint density at radius 2 is 2.24 bits per heavy atom. The van der Waals surface area contributed by atoms with Crippen LogP contribution in [0.1, 0.15) is 5.56 Å². The van der Waals surface area contributed by atoms with Crippen molar-refractivity contribution in [1.29, 1.82) is 0 Å². The molecule has 110 valence electrons. The number of amides is 1. The minimum Gasteiger partial charge on any atom is -0.391 e. The van der Waals surface area contributed by atoms with Crippen molar-refractivity contribution < 1.29 is 18.4 Å². The van der Waals surface area contributed by atoms with Gasteiger partial charge in [0.05, 0.1) is 9.47 Å². The minimum atomic E-state index is -0.860. The maximum atomic E-state index is 13.3. The highest BCUT2D eigenvalue weighted by Crippen LogP contribution is 2.21. The number of hydrogen-bond acceptors (Lipinski definition) is 4. The summed E-state index contributed by atoms with van der Waals surface area (Å²) in [6.45, 7) is 0.219. The molecule has 0 fully saturated rings. The van der Waals surface area contributed by atoms with Crippen LogP contribution in [0.3, 0.4) is 0 Å².